The van der Waals surface area contributed by atoms with Gasteiger partial charge in [-0.25, -0.2) is 0 Å². The van der Waals surface area contributed by atoms with Crippen LogP contribution in [0.2, 0.25) is 0 Å². The highest BCUT2D eigenvalue weighted by atomic mass is 19.4. The molecule has 1 fully saturated rings. The van der Waals surface area contributed by atoms with Gasteiger partial charge in [-0.3, -0.25) is 0 Å². The molecule has 0 amide bonds. The zero-order chi connectivity index (χ0) is 18.1. The number of hydrogen-bond acceptors (Lipinski definition) is 5. The van der Waals surface area contributed by atoms with Gasteiger partial charge in [0.2, 0.25) is 0 Å². The molecule has 2 aromatic heterocycles. The molecular formula is C17H17F3N6. The fourth-order valence-electron chi connectivity index (χ4n) is 3.54. The summed E-state index contributed by atoms with van der Waals surface area (Å²) in [4.78, 5) is 0. The monoisotopic (exact) mass is 362 g/mol. The lowest BCUT2D eigenvalue weighted by atomic mass is 9.80. The summed E-state index contributed by atoms with van der Waals surface area (Å²) in [5, 5.41) is 18.9. The number of benzene rings is 1. The molecular weight excluding hydrogens is 345 g/mol. The molecule has 1 aromatic carbocycles. The van der Waals surface area contributed by atoms with Gasteiger partial charge < -0.3 is 5.32 Å². The van der Waals surface area contributed by atoms with E-state index in [2.05, 4.69) is 25.9 Å². The van der Waals surface area contributed by atoms with E-state index in [1.807, 2.05) is 6.07 Å². The zero-order valence-electron chi connectivity index (χ0n) is 13.8. The number of halogens is 3. The number of hydrogen-bond donors (Lipinski definition) is 1. The average Bonchev–Trinajstić information content (AvgIpc) is 3.09. The first kappa shape index (κ1) is 16.7. The van der Waals surface area contributed by atoms with Crippen molar-refractivity contribution < 1.29 is 13.2 Å². The van der Waals surface area contributed by atoms with Gasteiger partial charge in [-0.1, -0.05) is 25.0 Å². The Bertz CT molecular complexity index is 889. The summed E-state index contributed by atoms with van der Waals surface area (Å²) in [6.45, 7) is 0. The SMILES string of the molecule is FC(F)(F)c1ccc([C@H]2CCCC[C@H]2Nc2ccc3nnnn3n2)cc1. The third-order valence-corrected chi connectivity index (χ3v) is 4.83. The summed E-state index contributed by atoms with van der Waals surface area (Å²) in [5.74, 6) is 0.783. The second kappa shape index (κ2) is 6.54. The largest absolute Gasteiger partial charge is 0.416 e. The zero-order valence-corrected chi connectivity index (χ0v) is 13.8. The lowest BCUT2D eigenvalue weighted by Crippen LogP contribution is -2.31. The van der Waals surface area contributed by atoms with Crippen LogP contribution in [0.3, 0.4) is 0 Å². The molecule has 3 aromatic rings. The van der Waals surface area contributed by atoms with Gasteiger partial charge in [0.1, 0.15) is 5.82 Å². The van der Waals surface area contributed by atoms with Crippen molar-refractivity contribution in [3.63, 3.8) is 0 Å². The Balaban J connectivity index is 1.56. The third-order valence-electron chi connectivity index (χ3n) is 4.83. The van der Waals surface area contributed by atoms with Gasteiger partial charge in [0.25, 0.3) is 0 Å². The summed E-state index contributed by atoms with van der Waals surface area (Å²) in [7, 11) is 0. The van der Waals surface area contributed by atoms with Crippen molar-refractivity contribution >= 4 is 11.5 Å². The van der Waals surface area contributed by atoms with Crippen molar-refractivity contribution in [2.24, 2.45) is 0 Å². The topological polar surface area (TPSA) is 68.0 Å². The first-order valence-corrected chi connectivity index (χ1v) is 8.50. The van der Waals surface area contributed by atoms with Gasteiger partial charge in [-0.2, -0.15) is 13.2 Å². The van der Waals surface area contributed by atoms with Gasteiger partial charge in [-0.05, 0) is 53.1 Å². The quantitative estimate of drug-likeness (QED) is 0.770. The van der Waals surface area contributed by atoms with Crippen LogP contribution in [0.15, 0.2) is 36.4 Å². The molecule has 2 atom stereocenters. The minimum Gasteiger partial charge on any atom is -0.365 e. The molecule has 136 valence electrons. The van der Waals surface area contributed by atoms with E-state index in [0.717, 1.165) is 43.4 Å². The maximum atomic E-state index is 12.8. The molecule has 1 N–H and O–H groups in total. The summed E-state index contributed by atoms with van der Waals surface area (Å²) < 4.78 is 39.7. The molecule has 0 radical (unpaired) electrons. The average molecular weight is 362 g/mol. The molecule has 6 nitrogen and oxygen atoms in total. The van der Waals surface area contributed by atoms with Gasteiger partial charge in [0.15, 0.2) is 5.65 Å². The van der Waals surface area contributed by atoms with Gasteiger partial charge in [0, 0.05) is 12.0 Å². The van der Waals surface area contributed by atoms with E-state index in [4.69, 9.17) is 0 Å². The van der Waals surface area contributed by atoms with Crippen LogP contribution >= 0.6 is 0 Å². The summed E-state index contributed by atoms with van der Waals surface area (Å²) in [6.07, 6.45) is -0.323. The van der Waals surface area contributed by atoms with E-state index < -0.39 is 11.7 Å². The number of nitrogens with one attached hydrogen (secondary N) is 1. The molecule has 0 saturated heterocycles. The molecule has 0 spiro atoms. The second-order valence-electron chi connectivity index (χ2n) is 6.51. The molecule has 2 heterocycles. The highest BCUT2D eigenvalue weighted by Gasteiger charge is 2.31. The molecule has 4 rings (SSSR count). The number of nitrogens with zero attached hydrogens (tertiary/aromatic N) is 5. The number of rotatable bonds is 3. The summed E-state index contributed by atoms with van der Waals surface area (Å²) in [5.41, 5.74) is 0.851. The standard InChI is InChI=1S/C17H17F3N6/c18-17(19,20)12-7-5-11(6-8-12)13-3-1-2-4-14(13)21-15-9-10-16-22-24-25-26(16)23-15/h5-10,13-14H,1-4H2,(H,21,23)/t13-,14-/m1/s1. The van der Waals surface area contributed by atoms with Crippen molar-refractivity contribution in [2.45, 2.75) is 43.8 Å². The Morgan fingerprint density at radius 1 is 1.00 bits per heavy atom. The molecule has 9 heteroatoms. The molecule has 0 unspecified atom stereocenters. The number of tetrazole rings is 1. The Hall–Kier alpha value is -2.71. The summed E-state index contributed by atoms with van der Waals surface area (Å²) >= 11 is 0. The first-order valence-electron chi connectivity index (χ1n) is 8.50. The van der Waals surface area contributed by atoms with Crippen LogP contribution in [-0.4, -0.2) is 31.3 Å². The molecule has 0 bridgehead atoms. The van der Waals surface area contributed by atoms with Gasteiger partial charge in [0.05, 0.1) is 5.56 Å². The van der Waals surface area contributed by atoms with E-state index in [-0.39, 0.29) is 12.0 Å². The Kier molecular flexibility index (Phi) is 4.21. The van der Waals surface area contributed by atoms with Crippen LogP contribution in [0.4, 0.5) is 19.0 Å². The van der Waals surface area contributed by atoms with E-state index in [1.165, 1.54) is 4.63 Å². The minimum absolute atomic E-state index is 0.0990. The predicted octanol–water partition coefficient (Wildman–Crippen LogP) is 3.68. The highest BCUT2D eigenvalue weighted by Crippen LogP contribution is 2.36. The van der Waals surface area contributed by atoms with Crippen LogP contribution in [0.5, 0.6) is 0 Å². The van der Waals surface area contributed by atoms with E-state index >= 15 is 0 Å². The molecule has 1 saturated carbocycles. The smallest absolute Gasteiger partial charge is 0.365 e. The van der Waals surface area contributed by atoms with Crippen LogP contribution in [0.1, 0.15) is 42.7 Å². The summed E-state index contributed by atoms with van der Waals surface area (Å²) in [6, 6.07) is 9.17. The van der Waals surface area contributed by atoms with Crippen LogP contribution in [0, 0.1) is 0 Å². The predicted molar refractivity (Wildman–Crippen MR) is 88.6 cm³/mol. The fourth-order valence-corrected chi connectivity index (χ4v) is 3.54. The Morgan fingerprint density at radius 3 is 2.54 bits per heavy atom. The minimum atomic E-state index is -4.31. The third kappa shape index (κ3) is 3.33. The fraction of sp³-hybridized carbons (Fsp3) is 0.412. The van der Waals surface area contributed by atoms with Crippen LogP contribution in [0.25, 0.3) is 5.65 Å². The van der Waals surface area contributed by atoms with E-state index in [0.29, 0.717) is 11.5 Å². The lowest BCUT2D eigenvalue weighted by Gasteiger charge is -2.33. The van der Waals surface area contributed by atoms with Crippen molar-refractivity contribution in [1.82, 2.24) is 25.3 Å². The number of fused-ring (bicyclic) bond motifs is 1. The van der Waals surface area contributed by atoms with Gasteiger partial charge >= 0.3 is 6.18 Å². The first-order chi connectivity index (χ1) is 12.5. The second-order valence-corrected chi connectivity index (χ2v) is 6.51. The molecule has 1 aliphatic carbocycles. The van der Waals surface area contributed by atoms with E-state index in [9.17, 15) is 13.2 Å². The van der Waals surface area contributed by atoms with Crippen molar-refractivity contribution in [2.75, 3.05) is 5.32 Å². The van der Waals surface area contributed by atoms with Crippen molar-refractivity contribution in [3.05, 3.63) is 47.5 Å². The maximum Gasteiger partial charge on any atom is 0.416 e. The van der Waals surface area contributed by atoms with Gasteiger partial charge in [-0.15, -0.1) is 14.8 Å². The highest BCUT2D eigenvalue weighted by molar-refractivity contribution is 5.43. The van der Waals surface area contributed by atoms with Crippen molar-refractivity contribution in [3.8, 4) is 0 Å². The molecule has 1 aliphatic rings. The Morgan fingerprint density at radius 2 is 1.77 bits per heavy atom. The number of aromatic nitrogens is 5. The maximum absolute atomic E-state index is 12.8. The lowest BCUT2D eigenvalue weighted by molar-refractivity contribution is -0.137. The van der Waals surface area contributed by atoms with Crippen LogP contribution in [-0.2, 0) is 6.18 Å². The number of anilines is 1. The van der Waals surface area contributed by atoms with E-state index in [1.54, 1.807) is 18.2 Å². The number of alkyl halides is 3. The van der Waals surface area contributed by atoms with Crippen molar-refractivity contribution in [1.29, 1.82) is 0 Å². The Labute approximate surface area is 147 Å². The molecule has 0 aliphatic heterocycles. The normalized spacial score (nSPS) is 21.0. The molecule has 26 heavy (non-hydrogen) atoms. The van der Waals surface area contributed by atoms with Crippen LogP contribution < -0.4 is 5.32 Å².